The zero-order valence-electron chi connectivity index (χ0n) is 21.6. The Morgan fingerprint density at radius 2 is 1.74 bits per heavy atom. The quantitative estimate of drug-likeness (QED) is 0.444. The van der Waals surface area contributed by atoms with E-state index >= 15 is 0 Å². The summed E-state index contributed by atoms with van der Waals surface area (Å²) in [5.41, 5.74) is 7.92. The molecule has 0 saturated heterocycles. The lowest BCUT2D eigenvalue weighted by molar-refractivity contribution is 0.0979. The highest BCUT2D eigenvalue weighted by Crippen LogP contribution is 2.44. The first-order valence-electron chi connectivity index (χ1n) is 13.1. The van der Waals surface area contributed by atoms with Crippen LogP contribution in [0.1, 0.15) is 74.3 Å². The summed E-state index contributed by atoms with van der Waals surface area (Å²) in [5, 5.41) is -0.315. The molecule has 2 aliphatic rings. The number of nitrogens with zero attached hydrogens (tertiary/aromatic N) is 3. The Balaban J connectivity index is 1.49. The van der Waals surface area contributed by atoms with Crippen molar-refractivity contribution in [2.45, 2.75) is 69.4 Å². The lowest BCUT2D eigenvalue weighted by Gasteiger charge is -2.23. The molecule has 3 atom stereocenters. The van der Waals surface area contributed by atoms with Crippen LogP contribution in [0.4, 0.5) is 5.82 Å². The summed E-state index contributed by atoms with van der Waals surface area (Å²) < 4.78 is 34.1. The minimum atomic E-state index is -4.22. The summed E-state index contributed by atoms with van der Waals surface area (Å²) >= 11 is 0. The van der Waals surface area contributed by atoms with Crippen LogP contribution in [-0.2, 0) is 10.0 Å². The second-order valence-electron chi connectivity index (χ2n) is 10.5. The fraction of sp³-hybridized carbons (Fsp3) is 0.429. The topological polar surface area (TPSA) is 137 Å². The Morgan fingerprint density at radius 3 is 2.45 bits per heavy atom. The van der Waals surface area contributed by atoms with E-state index in [4.69, 9.17) is 15.5 Å². The van der Waals surface area contributed by atoms with Crippen molar-refractivity contribution in [2.24, 2.45) is 11.8 Å². The number of carbonyl (C=O) groups is 1. The average Bonchev–Trinajstić information content (AvgIpc) is 3.52. The van der Waals surface area contributed by atoms with Gasteiger partial charge in [-0.3, -0.25) is 14.8 Å². The maximum Gasteiger partial charge on any atom is 0.281 e. The summed E-state index contributed by atoms with van der Waals surface area (Å²) in [7, 11) is -4.22. The fourth-order valence-electron chi connectivity index (χ4n) is 5.70. The number of rotatable bonds is 7. The SMILES string of the molecule is C[C@@H]1CC[C@H](C)C1c1nc(-c2cncc(OC3CCCC3)c2)ccc1C(=O)NS(=O)(=O)c1cccc(N)n1. The van der Waals surface area contributed by atoms with Crippen molar-refractivity contribution < 1.29 is 17.9 Å². The normalized spacial score (nSPS) is 21.9. The molecular weight excluding hydrogens is 502 g/mol. The number of carbonyl (C=O) groups excluding carboxylic acids is 1. The van der Waals surface area contributed by atoms with Gasteiger partial charge in [-0.15, -0.1) is 0 Å². The van der Waals surface area contributed by atoms with Crippen molar-refractivity contribution in [1.29, 1.82) is 0 Å². The molecule has 3 aromatic rings. The van der Waals surface area contributed by atoms with Crippen LogP contribution in [0.15, 0.2) is 53.8 Å². The Labute approximate surface area is 223 Å². The number of aromatic nitrogens is 3. The molecule has 0 radical (unpaired) electrons. The molecule has 5 rings (SSSR count). The molecule has 0 spiro atoms. The van der Waals surface area contributed by atoms with E-state index in [-0.39, 0.29) is 28.4 Å². The van der Waals surface area contributed by atoms with Gasteiger partial charge >= 0.3 is 0 Å². The van der Waals surface area contributed by atoms with Crippen molar-refractivity contribution in [3.05, 3.63) is 60.0 Å². The summed E-state index contributed by atoms with van der Waals surface area (Å²) in [4.78, 5) is 26.6. The van der Waals surface area contributed by atoms with E-state index in [1.807, 2.05) is 6.07 Å². The van der Waals surface area contributed by atoms with Crippen LogP contribution in [0.5, 0.6) is 5.75 Å². The van der Waals surface area contributed by atoms with Crippen molar-refractivity contribution in [2.75, 3.05) is 5.73 Å². The zero-order valence-corrected chi connectivity index (χ0v) is 22.4. The number of ether oxygens (including phenoxy) is 1. The predicted octanol–water partition coefficient (Wildman–Crippen LogP) is 4.71. The molecule has 9 nitrogen and oxygen atoms in total. The van der Waals surface area contributed by atoms with Gasteiger partial charge in [0.25, 0.3) is 15.9 Å². The van der Waals surface area contributed by atoms with E-state index in [2.05, 4.69) is 28.5 Å². The number of anilines is 1. The first-order valence-corrected chi connectivity index (χ1v) is 14.6. The van der Waals surface area contributed by atoms with Gasteiger partial charge in [-0.25, -0.2) is 9.71 Å². The molecule has 2 aliphatic carbocycles. The minimum Gasteiger partial charge on any atom is -0.489 e. The van der Waals surface area contributed by atoms with Crippen molar-refractivity contribution in [1.82, 2.24) is 19.7 Å². The average molecular weight is 536 g/mol. The van der Waals surface area contributed by atoms with Crippen LogP contribution in [0.25, 0.3) is 11.3 Å². The smallest absolute Gasteiger partial charge is 0.281 e. The molecule has 3 N–H and O–H groups in total. The Bertz CT molecular complexity index is 1430. The number of hydrogen-bond acceptors (Lipinski definition) is 8. The van der Waals surface area contributed by atoms with Crippen LogP contribution in [-0.4, -0.2) is 35.4 Å². The Morgan fingerprint density at radius 1 is 1.00 bits per heavy atom. The number of sulfonamides is 1. The molecule has 2 fully saturated rings. The molecule has 0 aromatic carbocycles. The maximum absolute atomic E-state index is 13.4. The van der Waals surface area contributed by atoms with Crippen molar-refractivity contribution in [3.63, 3.8) is 0 Å². The van der Waals surface area contributed by atoms with Gasteiger partial charge in [-0.1, -0.05) is 19.9 Å². The van der Waals surface area contributed by atoms with Gasteiger partial charge in [0.1, 0.15) is 11.6 Å². The van der Waals surface area contributed by atoms with Crippen molar-refractivity contribution in [3.8, 4) is 17.0 Å². The number of nitrogens with one attached hydrogen (secondary N) is 1. The van der Waals surface area contributed by atoms with E-state index in [1.54, 1.807) is 24.5 Å². The van der Waals surface area contributed by atoms with Gasteiger partial charge in [-0.2, -0.15) is 8.42 Å². The van der Waals surface area contributed by atoms with E-state index in [9.17, 15) is 13.2 Å². The predicted molar refractivity (Wildman–Crippen MR) is 144 cm³/mol. The van der Waals surface area contributed by atoms with Crippen LogP contribution < -0.4 is 15.2 Å². The number of pyridine rings is 3. The molecule has 10 heteroatoms. The third-order valence-electron chi connectivity index (χ3n) is 7.65. The first-order chi connectivity index (χ1) is 18.2. The molecule has 0 aliphatic heterocycles. The molecule has 1 amide bonds. The fourth-order valence-corrected chi connectivity index (χ4v) is 6.64. The molecule has 3 heterocycles. The first kappa shape index (κ1) is 26.1. The second-order valence-corrected chi connectivity index (χ2v) is 12.1. The third kappa shape index (κ3) is 5.50. The van der Waals surface area contributed by atoms with Gasteiger partial charge in [0.15, 0.2) is 5.03 Å². The largest absolute Gasteiger partial charge is 0.489 e. The molecule has 200 valence electrons. The highest BCUT2D eigenvalue weighted by molar-refractivity contribution is 7.90. The standard InChI is InChI=1S/C28H33N5O4S/c1-17-10-11-18(2)26(17)27-22(28(34)33-38(35,36)25-9-5-8-24(29)32-25)12-13-23(31-27)19-14-21(16-30-15-19)37-20-6-3-4-7-20/h5,8-9,12-18,20,26H,3-4,6-7,10-11H2,1-2H3,(H2,29,32)(H,33,34)/t17-,18+,26?. The highest BCUT2D eigenvalue weighted by atomic mass is 32.2. The third-order valence-corrected chi connectivity index (χ3v) is 8.88. The second kappa shape index (κ2) is 10.7. The van der Waals surface area contributed by atoms with E-state index in [0.717, 1.165) is 31.2 Å². The number of amides is 1. The summed E-state index contributed by atoms with van der Waals surface area (Å²) in [6.07, 6.45) is 10.1. The van der Waals surface area contributed by atoms with Gasteiger partial charge in [0, 0.05) is 17.7 Å². The molecule has 38 heavy (non-hydrogen) atoms. The van der Waals surface area contributed by atoms with Gasteiger partial charge in [-0.05, 0) is 80.7 Å². The van der Waals surface area contributed by atoms with Gasteiger partial charge in [0.2, 0.25) is 0 Å². The molecular formula is C28H33N5O4S. The lowest BCUT2D eigenvalue weighted by Crippen LogP contribution is -2.33. The van der Waals surface area contributed by atoms with Crippen LogP contribution in [0.2, 0.25) is 0 Å². The summed E-state index contributed by atoms with van der Waals surface area (Å²) in [6.45, 7) is 4.30. The zero-order chi connectivity index (χ0) is 26.9. The molecule has 1 unspecified atom stereocenters. The molecule has 0 bridgehead atoms. The van der Waals surface area contributed by atoms with Gasteiger partial charge in [0.05, 0.1) is 29.3 Å². The lowest BCUT2D eigenvalue weighted by atomic mass is 9.85. The molecule has 2 saturated carbocycles. The van der Waals surface area contributed by atoms with Crippen LogP contribution in [0, 0.1) is 11.8 Å². The Hall–Kier alpha value is -3.53. The summed E-state index contributed by atoms with van der Waals surface area (Å²) in [6, 6.07) is 9.55. The number of hydrogen-bond donors (Lipinski definition) is 2. The van der Waals surface area contributed by atoms with E-state index < -0.39 is 15.9 Å². The van der Waals surface area contributed by atoms with E-state index in [0.29, 0.717) is 29.0 Å². The van der Waals surface area contributed by atoms with Gasteiger partial charge < -0.3 is 10.5 Å². The molecule has 3 aromatic heterocycles. The monoisotopic (exact) mass is 535 g/mol. The van der Waals surface area contributed by atoms with Crippen LogP contribution >= 0.6 is 0 Å². The number of nitrogens with two attached hydrogens (primary N) is 1. The van der Waals surface area contributed by atoms with Crippen molar-refractivity contribution >= 4 is 21.7 Å². The maximum atomic E-state index is 13.4. The van der Waals surface area contributed by atoms with E-state index in [1.165, 1.54) is 31.0 Å². The van der Waals surface area contributed by atoms with Crippen LogP contribution in [0.3, 0.4) is 0 Å². The summed E-state index contributed by atoms with van der Waals surface area (Å²) in [5.74, 6) is 0.598. The minimum absolute atomic E-state index is 0.00906. The Kier molecular flexibility index (Phi) is 7.34. The highest BCUT2D eigenvalue weighted by Gasteiger charge is 2.36. The number of nitrogen functional groups attached to an aromatic ring is 1.